The molecule has 0 spiro atoms. The molecule has 0 saturated heterocycles. The first-order valence-corrected chi connectivity index (χ1v) is 8.15. The van der Waals surface area contributed by atoms with Gasteiger partial charge in [0.25, 0.3) is 0 Å². The maximum Gasteiger partial charge on any atom is 0.231 e. The number of rotatable bonds is 4. The zero-order valence-corrected chi connectivity index (χ0v) is 14.2. The Morgan fingerprint density at radius 2 is 1.85 bits per heavy atom. The highest BCUT2D eigenvalue weighted by atomic mass is 16.5. The average molecular weight is 370 g/mol. The molecule has 2 aromatic rings. The van der Waals surface area contributed by atoms with Gasteiger partial charge >= 0.3 is 0 Å². The van der Waals surface area contributed by atoms with Crippen molar-refractivity contribution in [1.82, 2.24) is 0 Å². The first kappa shape index (κ1) is 18.2. The van der Waals surface area contributed by atoms with Gasteiger partial charge in [0.2, 0.25) is 5.78 Å². The number of benzene rings is 2. The standard InChI is InChI=1S/C20H18O7/c1-2-3-14(22)19(25)13-6-10(7-16(24)20(13)26)17-5-4-12-15(23)8-11(21)9-18(12)27-17/h2-3,6-9,17,21-24,26H,1,4-5H2/b14-3+. The Kier molecular flexibility index (Phi) is 4.68. The van der Waals surface area contributed by atoms with Crippen LogP contribution in [-0.2, 0) is 6.42 Å². The summed E-state index contributed by atoms with van der Waals surface area (Å²) < 4.78 is 5.80. The van der Waals surface area contributed by atoms with E-state index in [0.29, 0.717) is 29.7 Å². The van der Waals surface area contributed by atoms with Gasteiger partial charge in [-0.3, -0.25) is 4.79 Å². The summed E-state index contributed by atoms with van der Waals surface area (Å²) >= 11 is 0. The molecule has 0 saturated carbocycles. The molecule has 1 atom stereocenters. The summed E-state index contributed by atoms with van der Waals surface area (Å²) in [6.45, 7) is 3.38. The van der Waals surface area contributed by atoms with E-state index >= 15 is 0 Å². The van der Waals surface area contributed by atoms with Crippen LogP contribution in [0.4, 0.5) is 0 Å². The van der Waals surface area contributed by atoms with Gasteiger partial charge in [-0.2, -0.15) is 0 Å². The summed E-state index contributed by atoms with van der Waals surface area (Å²) in [5.41, 5.74) is 0.664. The molecule has 7 heteroatoms. The van der Waals surface area contributed by atoms with Crippen molar-refractivity contribution in [2.45, 2.75) is 18.9 Å². The molecule has 1 unspecified atom stereocenters. The van der Waals surface area contributed by atoms with Crippen LogP contribution < -0.4 is 4.74 Å². The second kappa shape index (κ2) is 6.95. The van der Waals surface area contributed by atoms with Crippen molar-refractivity contribution >= 4 is 5.78 Å². The van der Waals surface area contributed by atoms with E-state index in [-0.39, 0.29) is 17.1 Å². The smallest absolute Gasteiger partial charge is 0.231 e. The van der Waals surface area contributed by atoms with Crippen molar-refractivity contribution < 1.29 is 35.1 Å². The van der Waals surface area contributed by atoms with Crippen LogP contribution in [-0.4, -0.2) is 31.3 Å². The molecule has 0 fully saturated rings. The highest BCUT2D eigenvalue weighted by molar-refractivity contribution is 6.09. The first-order valence-electron chi connectivity index (χ1n) is 8.15. The highest BCUT2D eigenvalue weighted by Gasteiger charge is 2.27. The summed E-state index contributed by atoms with van der Waals surface area (Å²) in [5.74, 6) is -2.64. The molecule has 3 rings (SSSR count). The minimum atomic E-state index is -0.879. The van der Waals surface area contributed by atoms with Gasteiger partial charge in [-0.05, 0) is 36.6 Å². The number of carbonyl (C=O) groups is 1. The SMILES string of the molecule is C=C/C=C(/O)C(=O)c1cc(C2CCc3c(O)cc(O)cc3O2)cc(O)c1O. The van der Waals surface area contributed by atoms with Crippen molar-refractivity contribution in [3.8, 4) is 28.7 Å². The highest BCUT2D eigenvalue weighted by Crippen LogP contribution is 2.43. The number of phenols is 4. The number of allylic oxidation sites excluding steroid dienone is 3. The van der Waals surface area contributed by atoms with Crippen LogP contribution in [0.5, 0.6) is 28.7 Å². The van der Waals surface area contributed by atoms with Gasteiger partial charge in [-0.25, -0.2) is 0 Å². The van der Waals surface area contributed by atoms with E-state index in [2.05, 4.69) is 6.58 Å². The Balaban J connectivity index is 1.99. The fourth-order valence-electron chi connectivity index (χ4n) is 3.02. The number of hydrogen-bond acceptors (Lipinski definition) is 7. The summed E-state index contributed by atoms with van der Waals surface area (Å²) in [7, 11) is 0. The summed E-state index contributed by atoms with van der Waals surface area (Å²) in [6, 6.07) is 5.17. The second-order valence-electron chi connectivity index (χ2n) is 6.14. The predicted molar refractivity (Wildman–Crippen MR) is 96.5 cm³/mol. The molecule has 0 aromatic heterocycles. The molecule has 7 nitrogen and oxygen atoms in total. The number of fused-ring (bicyclic) bond motifs is 1. The van der Waals surface area contributed by atoms with Gasteiger partial charge in [0.1, 0.15) is 23.4 Å². The molecule has 0 aliphatic carbocycles. The number of carbonyl (C=O) groups excluding carboxylic acids is 1. The third-order valence-corrected chi connectivity index (χ3v) is 4.33. The average Bonchev–Trinajstić information content (AvgIpc) is 2.62. The van der Waals surface area contributed by atoms with Gasteiger partial charge < -0.3 is 30.3 Å². The van der Waals surface area contributed by atoms with E-state index < -0.39 is 29.1 Å². The molecule has 1 heterocycles. The van der Waals surface area contributed by atoms with Crippen LogP contribution in [0.3, 0.4) is 0 Å². The molecule has 0 radical (unpaired) electrons. The molecule has 0 bridgehead atoms. The van der Waals surface area contributed by atoms with Crippen molar-refractivity contribution in [3.63, 3.8) is 0 Å². The van der Waals surface area contributed by atoms with E-state index in [4.69, 9.17) is 4.74 Å². The van der Waals surface area contributed by atoms with Gasteiger partial charge in [0.15, 0.2) is 17.3 Å². The van der Waals surface area contributed by atoms with Crippen molar-refractivity contribution in [3.05, 3.63) is 65.4 Å². The first-order chi connectivity index (χ1) is 12.8. The molecule has 2 aromatic carbocycles. The Hall–Kier alpha value is -3.61. The topological polar surface area (TPSA) is 127 Å². The zero-order chi connectivity index (χ0) is 19.7. The lowest BCUT2D eigenvalue weighted by molar-refractivity contribution is 0.0974. The number of aromatic hydroxyl groups is 4. The Labute approximate surface area is 154 Å². The van der Waals surface area contributed by atoms with E-state index in [0.717, 1.165) is 6.08 Å². The molecule has 140 valence electrons. The monoisotopic (exact) mass is 370 g/mol. The predicted octanol–water partition coefficient (Wildman–Crippen LogP) is 3.39. The fourth-order valence-corrected chi connectivity index (χ4v) is 3.02. The number of aliphatic hydroxyl groups excluding tert-OH is 1. The third kappa shape index (κ3) is 3.39. The van der Waals surface area contributed by atoms with Crippen LogP contribution in [0.1, 0.15) is 34.0 Å². The van der Waals surface area contributed by atoms with Crippen LogP contribution in [0.25, 0.3) is 0 Å². The number of Topliss-reactive ketones (excluding diaryl/α,β-unsaturated/α-hetero) is 1. The van der Waals surface area contributed by atoms with Crippen LogP contribution in [0.15, 0.2) is 48.8 Å². The maximum absolute atomic E-state index is 12.3. The molecule has 1 aliphatic rings. The van der Waals surface area contributed by atoms with E-state index in [1.54, 1.807) is 0 Å². The van der Waals surface area contributed by atoms with E-state index in [9.17, 15) is 30.3 Å². The van der Waals surface area contributed by atoms with Crippen LogP contribution in [0, 0.1) is 0 Å². The minimum absolute atomic E-state index is 0.0765. The lowest BCUT2D eigenvalue weighted by Crippen LogP contribution is -2.16. The van der Waals surface area contributed by atoms with Crippen molar-refractivity contribution in [2.24, 2.45) is 0 Å². The second-order valence-corrected chi connectivity index (χ2v) is 6.14. The maximum atomic E-state index is 12.3. The quantitative estimate of drug-likeness (QED) is 0.183. The van der Waals surface area contributed by atoms with Crippen LogP contribution in [0.2, 0.25) is 0 Å². The van der Waals surface area contributed by atoms with Gasteiger partial charge in [-0.1, -0.05) is 12.7 Å². The van der Waals surface area contributed by atoms with Crippen LogP contribution >= 0.6 is 0 Å². The summed E-state index contributed by atoms with van der Waals surface area (Å²) in [4.78, 5) is 12.3. The number of ketones is 1. The molecular weight excluding hydrogens is 352 g/mol. The van der Waals surface area contributed by atoms with Crippen molar-refractivity contribution in [2.75, 3.05) is 0 Å². The lowest BCUT2D eigenvalue weighted by atomic mass is 9.94. The number of ether oxygens (including phenoxy) is 1. The molecule has 0 amide bonds. The normalized spacial score (nSPS) is 16.3. The Bertz CT molecular complexity index is 959. The largest absolute Gasteiger partial charge is 0.508 e. The number of aliphatic hydroxyl groups is 1. The lowest BCUT2D eigenvalue weighted by Gasteiger charge is -2.27. The van der Waals surface area contributed by atoms with Gasteiger partial charge in [0, 0.05) is 17.7 Å². The van der Waals surface area contributed by atoms with Gasteiger partial charge in [0.05, 0.1) is 5.56 Å². The Morgan fingerprint density at radius 3 is 2.56 bits per heavy atom. The fraction of sp³-hybridized carbons (Fsp3) is 0.150. The summed E-state index contributed by atoms with van der Waals surface area (Å²) in [5, 5.41) is 49.3. The molecule has 27 heavy (non-hydrogen) atoms. The number of phenolic OH excluding ortho intramolecular Hbond substituents is 4. The number of hydrogen-bond donors (Lipinski definition) is 5. The van der Waals surface area contributed by atoms with E-state index in [1.807, 2.05) is 0 Å². The van der Waals surface area contributed by atoms with Crippen molar-refractivity contribution in [1.29, 1.82) is 0 Å². The Morgan fingerprint density at radius 1 is 1.11 bits per heavy atom. The molecule has 1 aliphatic heterocycles. The molecular formula is C20H18O7. The van der Waals surface area contributed by atoms with Gasteiger partial charge in [-0.15, -0.1) is 0 Å². The summed E-state index contributed by atoms with van der Waals surface area (Å²) in [6.07, 6.45) is 2.57. The molecule has 5 N–H and O–H groups in total. The van der Waals surface area contributed by atoms with E-state index in [1.165, 1.54) is 30.3 Å². The minimum Gasteiger partial charge on any atom is -0.508 e. The third-order valence-electron chi connectivity index (χ3n) is 4.33. The zero-order valence-electron chi connectivity index (χ0n) is 14.2.